The van der Waals surface area contributed by atoms with Crippen LogP contribution in [0.1, 0.15) is 8.29 Å². The summed E-state index contributed by atoms with van der Waals surface area (Å²) in [7, 11) is 0. The first-order valence-electron chi connectivity index (χ1n) is 3.13. The van der Waals surface area contributed by atoms with Gasteiger partial charge in [-0.15, -0.1) is 0 Å². The van der Waals surface area contributed by atoms with E-state index < -0.39 is 23.4 Å². The first-order chi connectivity index (χ1) is 5.00. The fourth-order valence-corrected chi connectivity index (χ4v) is 0.318. The molecule has 0 aromatic heterocycles. The average Bonchev–Trinajstić information content (AvgIpc) is 1.88. The first kappa shape index (κ1) is 6.80. The Morgan fingerprint density at radius 2 is 2.10 bits per heavy atom. The molecule has 0 spiro atoms. The van der Waals surface area contributed by atoms with E-state index in [-0.39, 0.29) is 0 Å². The fraction of sp³-hybridized carbons (Fsp3) is 0.333. The van der Waals surface area contributed by atoms with Crippen molar-refractivity contribution in [1.29, 1.82) is 0 Å². The van der Waals surface area contributed by atoms with Gasteiger partial charge in [0.1, 0.15) is 0 Å². The van der Waals surface area contributed by atoms with Crippen molar-refractivity contribution in [3.8, 4) is 0 Å². The highest BCUT2D eigenvalue weighted by atomic mass is 16.4. The molecule has 0 fully saturated rings. The third kappa shape index (κ3) is 1.89. The minimum absolute atomic E-state index is 0.419. The lowest BCUT2D eigenvalue weighted by molar-refractivity contribution is -0.143. The van der Waals surface area contributed by atoms with Gasteiger partial charge in [0.15, 0.2) is 0 Å². The Morgan fingerprint density at radius 1 is 1.60 bits per heavy atom. The Labute approximate surface area is 59.2 Å². The van der Waals surface area contributed by atoms with Gasteiger partial charge in [0.2, 0.25) is 0 Å². The van der Waals surface area contributed by atoms with Crippen LogP contribution in [-0.4, -0.2) is 22.2 Å². The summed E-state index contributed by atoms with van der Waals surface area (Å²) < 4.78 is 6.61. The molecule has 10 heavy (non-hydrogen) atoms. The van der Waals surface area contributed by atoms with E-state index in [0.29, 0.717) is 6.55 Å². The largest absolute Gasteiger partial charge is 0.481 e. The molecular weight excluding hydrogens is 136 g/mol. The van der Waals surface area contributed by atoms with Crippen LogP contribution in [0.4, 0.5) is 0 Å². The molecule has 0 aliphatic rings. The van der Waals surface area contributed by atoms with Gasteiger partial charge in [0.25, 0.3) is 0 Å². The minimum atomic E-state index is -1.37. The van der Waals surface area contributed by atoms with Gasteiger partial charge in [-0.3, -0.25) is 4.79 Å². The molecule has 4 heteroatoms. The van der Waals surface area contributed by atoms with E-state index in [1.807, 2.05) is 0 Å². The van der Waals surface area contributed by atoms with Gasteiger partial charge in [-0.25, -0.2) is 4.79 Å². The maximum absolute atomic E-state index is 10.2. The minimum Gasteiger partial charge on any atom is -0.481 e. The van der Waals surface area contributed by atoms with E-state index in [9.17, 15) is 9.59 Å². The maximum atomic E-state index is 10.2. The number of carboxylic acids is 2. The highest BCUT2D eigenvalue weighted by Crippen LogP contribution is 2.07. The van der Waals surface area contributed by atoms with Gasteiger partial charge in [-0.2, -0.15) is 0 Å². The highest BCUT2D eigenvalue weighted by Gasteiger charge is 2.19. The van der Waals surface area contributed by atoms with E-state index in [0.717, 1.165) is 0 Å². The smallest absolute Gasteiger partial charge is 0.331 e. The molecule has 0 heterocycles. The molecule has 0 amide bonds. The van der Waals surface area contributed by atoms with Crippen molar-refractivity contribution in [2.24, 2.45) is 5.92 Å². The van der Waals surface area contributed by atoms with Crippen molar-refractivity contribution in [1.82, 2.24) is 0 Å². The van der Waals surface area contributed by atoms with E-state index in [1.54, 1.807) is 0 Å². The number of rotatable bonds is 3. The molecule has 1 atom stereocenters. The third-order valence-electron chi connectivity index (χ3n) is 1.08. The summed E-state index contributed by atoms with van der Waals surface area (Å²) >= 11 is 0. The molecule has 4 nitrogen and oxygen atoms in total. The topological polar surface area (TPSA) is 74.6 Å². The SMILES string of the molecule is [2H]C=C(C(=O)O)[C@@H](C)C(=O)O. The number of aliphatic carboxylic acids is 2. The Kier molecular flexibility index (Phi) is 2.04. The Bertz CT molecular complexity index is 209. The van der Waals surface area contributed by atoms with Gasteiger partial charge < -0.3 is 10.2 Å². The summed E-state index contributed by atoms with van der Waals surface area (Å²) in [5, 5.41) is 16.7. The van der Waals surface area contributed by atoms with Gasteiger partial charge in [-0.05, 0) is 6.92 Å². The maximum Gasteiger partial charge on any atom is 0.331 e. The van der Waals surface area contributed by atoms with Crippen LogP contribution >= 0.6 is 0 Å². The van der Waals surface area contributed by atoms with Crippen LogP contribution < -0.4 is 0 Å². The van der Waals surface area contributed by atoms with Crippen LogP contribution in [0.3, 0.4) is 0 Å². The number of hydrogen-bond acceptors (Lipinski definition) is 2. The molecule has 0 radical (unpaired) electrons. The second-order valence-corrected chi connectivity index (χ2v) is 1.82. The monoisotopic (exact) mass is 145 g/mol. The van der Waals surface area contributed by atoms with E-state index >= 15 is 0 Å². The number of carboxylic acid groups (broad SMARTS) is 2. The molecule has 0 bridgehead atoms. The van der Waals surface area contributed by atoms with Gasteiger partial charge in [-0.1, -0.05) is 6.55 Å². The summed E-state index contributed by atoms with van der Waals surface area (Å²) in [6, 6.07) is 0. The fourth-order valence-electron chi connectivity index (χ4n) is 0.318. The lowest BCUT2D eigenvalue weighted by Gasteiger charge is -2.03. The Balaban J connectivity index is 4.54. The van der Waals surface area contributed by atoms with Crippen LogP contribution in [-0.2, 0) is 9.59 Å². The zero-order valence-electron chi connectivity index (χ0n) is 6.37. The molecule has 0 rings (SSSR count). The number of hydrogen-bond donors (Lipinski definition) is 2. The summed E-state index contributed by atoms with van der Waals surface area (Å²) in [5.74, 6) is -3.74. The summed E-state index contributed by atoms with van der Waals surface area (Å²) in [4.78, 5) is 20.4. The second kappa shape index (κ2) is 3.00. The molecule has 0 unspecified atom stereocenters. The summed E-state index contributed by atoms with van der Waals surface area (Å²) in [5.41, 5.74) is -0.419. The Hall–Kier alpha value is -1.32. The van der Waals surface area contributed by atoms with E-state index in [2.05, 4.69) is 0 Å². The molecular formula is C6H8O4. The number of carbonyl (C=O) groups is 2. The predicted octanol–water partition coefficient (Wildman–Crippen LogP) is 0.348. The molecule has 2 N–H and O–H groups in total. The molecule has 0 saturated heterocycles. The standard InChI is InChI=1S/C6H8O4/c1-3(5(7)8)4(2)6(9)10/h4H,1H2,2H3,(H,7,8)(H,9,10)/t4-/m1/s1/i1D. The van der Waals surface area contributed by atoms with Crippen LogP contribution in [0.25, 0.3) is 0 Å². The summed E-state index contributed by atoms with van der Waals surface area (Å²) in [6.45, 7) is 1.76. The van der Waals surface area contributed by atoms with Crippen molar-refractivity contribution >= 4 is 11.9 Å². The van der Waals surface area contributed by atoms with Crippen LogP contribution in [0.5, 0.6) is 0 Å². The van der Waals surface area contributed by atoms with E-state index in [4.69, 9.17) is 11.6 Å². The molecule has 0 aromatic carbocycles. The zero-order chi connectivity index (χ0) is 9.02. The molecule has 0 aromatic rings. The lowest BCUT2D eigenvalue weighted by Crippen LogP contribution is -2.17. The van der Waals surface area contributed by atoms with Gasteiger partial charge in [0.05, 0.1) is 7.29 Å². The van der Waals surface area contributed by atoms with Crippen LogP contribution in [0.15, 0.2) is 12.1 Å². The van der Waals surface area contributed by atoms with E-state index in [1.165, 1.54) is 6.92 Å². The predicted molar refractivity (Wildman–Crippen MR) is 33.6 cm³/mol. The van der Waals surface area contributed by atoms with Gasteiger partial charge >= 0.3 is 11.9 Å². The highest BCUT2D eigenvalue weighted by molar-refractivity contribution is 5.92. The van der Waals surface area contributed by atoms with Crippen molar-refractivity contribution < 1.29 is 21.2 Å². The van der Waals surface area contributed by atoms with Crippen molar-refractivity contribution in [3.63, 3.8) is 0 Å². The van der Waals surface area contributed by atoms with Gasteiger partial charge in [0, 0.05) is 5.57 Å². The third-order valence-corrected chi connectivity index (χ3v) is 1.08. The zero-order valence-corrected chi connectivity index (χ0v) is 5.37. The normalized spacial score (nSPS) is 15.7. The second-order valence-electron chi connectivity index (χ2n) is 1.82. The quantitative estimate of drug-likeness (QED) is 0.562. The Morgan fingerprint density at radius 3 is 2.20 bits per heavy atom. The molecule has 0 aliphatic carbocycles. The molecule has 0 aliphatic heterocycles. The first-order valence-corrected chi connectivity index (χ1v) is 2.55. The van der Waals surface area contributed by atoms with Crippen molar-refractivity contribution in [2.75, 3.05) is 0 Å². The van der Waals surface area contributed by atoms with Crippen LogP contribution in [0.2, 0.25) is 0 Å². The average molecular weight is 145 g/mol. The summed E-state index contributed by atoms with van der Waals surface area (Å²) in [6.07, 6.45) is 0. The van der Waals surface area contributed by atoms with Crippen molar-refractivity contribution in [2.45, 2.75) is 6.92 Å². The molecule has 56 valence electrons. The van der Waals surface area contributed by atoms with Crippen LogP contribution in [0, 0.1) is 5.92 Å². The molecule has 0 saturated carbocycles. The lowest BCUT2D eigenvalue weighted by atomic mass is 10.0. The van der Waals surface area contributed by atoms with Crippen molar-refractivity contribution in [3.05, 3.63) is 12.1 Å².